The maximum atomic E-state index is 10.5. The molecular weight excluding hydrogens is 349 g/mol. The first-order chi connectivity index (χ1) is 8.31. The van der Waals surface area contributed by atoms with Crippen LogP contribution in [0.1, 0.15) is 0 Å². The third kappa shape index (κ3) is 3.03. The quantitative estimate of drug-likeness (QED) is 0.725. The lowest BCUT2D eigenvalue weighted by Crippen LogP contribution is -2.60. The van der Waals surface area contributed by atoms with Gasteiger partial charge in [0.05, 0.1) is 32.3 Å². The summed E-state index contributed by atoms with van der Waals surface area (Å²) >= 11 is 11.8. The Morgan fingerprint density at radius 3 is 2.61 bits per heavy atom. The van der Waals surface area contributed by atoms with Crippen molar-refractivity contribution in [3.8, 4) is 5.75 Å². The van der Waals surface area contributed by atoms with E-state index in [-0.39, 0.29) is 10.0 Å². The van der Waals surface area contributed by atoms with Crippen molar-refractivity contribution < 1.29 is 32.7 Å². The molecule has 0 radical (unpaired) electrons. The summed E-state index contributed by atoms with van der Waals surface area (Å²) in [6, 6.07) is 1.45. The molecule has 6 nitrogen and oxygen atoms in total. The Balaban J connectivity index is 2.40. The number of hydrogen-bond acceptors (Lipinski definition) is 7. The second-order valence-electron chi connectivity index (χ2n) is 2.89. The van der Waals surface area contributed by atoms with Gasteiger partial charge in [-0.3, -0.25) is 0 Å². The van der Waals surface area contributed by atoms with Gasteiger partial charge in [-0.25, -0.2) is 0 Å². The van der Waals surface area contributed by atoms with Gasteiger partial charge in [0.25, 0.3) is 10.0 Å². The highest BCUT2D eigenvalue weighted by Crippen LogP contribution is 2.52. The Kier molecular flexibility index (Phi) is 4.32. The molecule has 1 atom stereocenters. The Hall–Kier alpha value is 0.230. The van der Waals surface area contributed by atoms with Crippen LogP contribution in [-0.4, -0.2) is 7.11 Å². The Morgan fingerprint density at radius 1 is 1.39 bits per heavy atom. The number of ether oxygens (including phenoxy) is 1. The predicted molar refractivity (Wildman–Crippen MR) is 59.4 cm³/mol. The molecular formula is C7H4Cl3NO5S2. The number of benzene rings is 1. The maximum Gasteiger partial charge on any atom is 0.269 e. The minimum absolute atomic E-state index is 0.208. The van der Waals surface area contributed by atoms with Crippen molar-refractivity contribution in [3.05, 3.63) is 16.1 Å². The summed E-state index contributed by atoms with van der Waals surface area (Å²) in [5, 5.41) is 0.447. The van der Waals surface area contributed by atoms with E-state index in [4.69, 9.17) is 27.9 Å². The fourth-order valence-corrected chi connectivity index (χ4v) is 5.56. The number of methoxy groups -OCH3 is 1. The van der Waals surface area contributed by atoms with Gasteiger partial charge in [0.1, 0.15) is 11.4 Å². The molecule has 1 aliphatic rings. The van der Waals surface area contributed by atoms with Crippen LogP contribution in [0.25, 0.3) is 0 Å². The van der Waals surface area contributed by atoms with Crippen molar-refractivity contribution in [2.24, 2.45) is 4.36 Å². The van der Waals surface area contributed by atoms with Crippen LogP contribution >= 0.6 is 34.0 Å². The molecule has 0 bridgehead atoms. The molecule has 100 valence electrons. The van der Waals surface area contributed by atoms with E-state index in [9.17, 15) is 14.0 Å². The highest BCUT2D eigenvalue weighted by Gasteiger charge is 2.33. The van der Waals surface area contributed by atoms with E-state index in [2.05, 4.69) is 8.10 Å². The van der Waals surface area contributed by atoms with Gasteiger partial charge in [0, 0.05) is 16.9 Å². The summed E-state index contributed by atoms with van der Waals surface area (Å²) in [5.41, 5.74) is 0.319. The van der Waals surface area contributed by atoms with Crippen molar-refractivity contribution in [1.29, 1.82) is 0 Å². The molecule has 0 aromatic heterocycles. The van der Waals surface area contributed by atoms with Gasteiger partial charge in [-0.15, -0.1) is 0 Å². The van der Waals surface area contributed by atoms with Crippen LogP contribution in [0, 0.1) is 10.2 Å². The third-order valence-corrected chi connectivity index (χ3v) is 6.39. The number of fused-ring (bicyclic) bond motifs is 1. The summed E-state index contributed by atoms with van der Waals surface area (Å²) in [6.07, 6.45) is 0. The van der Waals surface area contributed by atoms with E-state index < -0.39 is 20.2 Å². The summed E-state index contributed by atoms with van der Waals surface area (Å²) in [5.74, 6) is 0.325. The van der Waals surface area contributed by atoms with Gasteiger partial charge < -0.3 is 4.74 Å². The largest absolute Gasteiger partial charge is 0.494 e. The number of nitrogens with zero attached hydrogens (tertiary/aromatic N) is 1. The first-order valence-corrected chi connectivity index (χ1v) is 8.56. The van der Waals surface area contributed by atoms with Gasteiger partial charge in [-0.2, -0.15) is 18.3 Å². The average molecular weight is 353 g/mol. The molecule has 1 aromatic carbocycles. The fourth-order valence-electron chi connectivity index (χ4n) is 1.15. The summed E-state index contributed by atoms with van der Waals surface area (Å²) < 4.78 is 44.6. The smallest absolute Gasteiger partial charge is 0.269 e. The van der Waals surface area contributed by atoms with E-state index in [1.54, 1.807) is 0 Å². The molecule has 2 rings (SSSR count). The standard InChI is InChI=1S/C7H4Cl3NO5S2/c1-15-4-2-3(8)5(9)7-6(4)11-18(17-7)16-10(12,13)14/h2H,1H3. The fraction of sp³-hybridized carbons (Fsp3) is 0.143. The van der Waals surface area contributed by atoms with E-state index in [0.29, 0.717) is 16.3 Å². The molecule has 18 heavy (non-hydrogen) atoms. The van der Waals surface area contributed by atoms with Crippen LogP contribution in [0.2, 0.25) is 10.0 Å². The van der Waals surface area contributed by atoms with Gasteiger partial charge in [0.2, 0.25) is 0 Å². The van der Waals surface area contributed by atoms with Crippen LogP contribution in [-0.2, 0) is 13.7 Å². The molecule has 0 amide bonds. The average Bonchev–Trinajstić information content (AvgIpc) is 2.64. The van der Waals surface area contributed by atoms with Crippen LogP contribution in [0.5, 0.6) is 5.75 Å². The molecule has 0 saturated heterocycles. The zero-order valence-corrected chi connectivity index (χ0v) is 12.4. The van der Waals surface area contributed by atoms with Gasteiger partial charge >= 0.3 is 0 Å². The van der Waals surface area contributed by atoms with E-state index in [1.807, 2.05) is 0 Å². The third-order valence-electron chi connectivity index (χ3n) is 1.79. The lowest BCUT2D eigenvalue weighted by atomic mass is 10.3. The van der Waals surface area contributed by atoms with Gasteiger partial charge in [-0.05, 0) is 0 Å². The zero-order valence-electron chi connectivity index (χ0n) is 8.52. The summed E-state index contributed by atoms with van der Waals surface area (Å²) in [6.45, 7) is 0. The minimum Gasteiger partial charge on any atom is -0.494 e. The maximum absolute atomic E-state index is 10.5. The van der Waals surface area contributed by atoms with Gasteiger partial charge in [-0.1, -0.05) is 23.2 Å². The van der Waals surface area contributed by atoms with Crippen LogP contribution in [0.3, 0.4) is 0 Å². The second kappa shape index (κ2) is 5.31. The Bertz CT molecular complexity index is 533. The van der Waals surface area contributed by atoms with Crippen molar-refractivity contribution in [2.75, 3.05) is 7.11 Å². The van der Waals surface area contributed by atoms with E-state index in [0.717, 1.165) is 10.8 Å². The molecule has 0 aliphatic carbocycles. The molecule has 1 unspecified atom stereocenters. The molecule has 0 N–H and O–H groups in total. The molecule has 11 heteroatoms. The molecule has 1 aliphatic heterocycles. The normalized spacial score (nSPS) is 18.4. The van der Waals surface area contributed by atoms with E-state index >= 15 is 0 Å². The molecule has 0 fully saturated rings. The monoisotopic (exact) mass is 351 g/mol. The molecule has 1 heterocycles. The Morgan fingerprint density at radius 2 is 2.06 bits per heavy atom. The highest BCUT2D eigenvalue weighted by atomic mass is 35.7. The second-order valence-corrected chi connectivity index (χ2v) is 7.48. The van der Waals surface area contributed by atoms with Crippen LogP contribution in [0.15, 0.2) is 15.3 Å². The molecule has 1 aromatic rings. The number of halogens is 3. The molecule has 0 spiro atoms. The zero-order chi connectivity index (χ0) is 13.5. The van der Waals surface area contributed by atoms with Crippen LogP contribution in [0.4, 0.5) is 5.69 Å². The van der Waals surface area contributed by atoms with Gasteiger partial charge in [0.15, 0.2) is 3.74 Å². The lowest BCUT2D eigenvalue weighted by Gasteiger charge is -2.10. The number of hydrogen-bond donors (Lipinski definition) is 0. The van der Waals surface area contributed by atoms with Crippen molar-refractivity contribution in [1.82, 2.24) is 0 Å². The van der Waals surface area contributed by atoms with Crippen molar-refractivity contribution in [2.45, 2.75) is 4.90 Å². The lowest BCUT2D eigenvalue weighted by molar-refractivity contribution is -1.91. The van der Waals surface area contributed by atoms with E-state index in [1.165, 1.54) is 13.2 Å². The minimum atomic E-state index is -4.56. The predicted octanol–water partition coefficient (Wildman–Crippen LogP) is 0.285. The SMILES string of the molecule is COc1cc(Cl)c(Cl)c2c1N=S(O[Cl+3]([O-])([O-])[O-])S2. The van der Waals surface area contributed by atoms with Crippen molar-refractivity contribution >= 4 is 49.7 Å². The first-order valence-electron chi connectivity index (χ1n) is 4.13. The number of rotatable bonds is 3. The topological polar surface area (TPSA) is 100 Å². The van der Waals surface area contributed by atoms with Crippen molar-refractivity contribution in [3.63, 3.8) is 0 Å². The highest BCUT2D eigenvalue weighted by molar-refractivity contribution is 8.68. The molecule has 0 saturated carbocycles. The summed E-state index contributed by atoms with van der Waals surface area (Å²) in [7, 11) is -3.79. The van der Waals surface area contributed by atoms with Crippen LogP contribution < -0.4 is 18.7 Å². The Labute approximate surface area is 120 Å². The first kappa shape index (κ1) is 14.6. The summed E-state index contributed by atoms with van der Waals surface area (Å²) in [4.78, 5) is 0.420.